The van der Waals surface area contributed by atoms with Gasteiger partial charge in [-0.25, -0.2) is 0 Å². The maximum Gasteiger partial charge on any atom is 0.127 e. The van der Waals surface area contributed by atoms with Crippen LogP contribution in [0.1, 0.15) is 31.4 Å². The van der Waals surface area contributed by atoms with E-state index < -0.39 is 0 Å². The molecular weight excluding hydrogens is 240 g/mol. The van der Waals surface area contributed by atoms with Crippen LogP contribution >= 0.6 is 0 Å². The summed E-state index contributed by atoms with van der Waals surface area (Å²) in [5, 5.41) is 13.1. The predicted molar refractivity (Wildman–Crippen MR) is 74.6 cm³/mol. The van der Waals surface area contributed by atoms with Crippen molar-refractivity contribution in [3.05, 3.63) is 23.8 Å². The molecule has 4 nitrogen and oxygen atoms in total. The lowest BCUT2D eigenvalue weighted by molar-refractivity contribution is 0.243. The third kappa shape index (κ3) is 2.55. The molecule has 4 heteroatoms. The first-order valence-electron chi connectivity index (χ1n) is 7.21. The second-order valence-electron chi connectivity index (χ2n) is 5.42. The van der Waals surface area contributed by atoms with Gasteiger partial charge in [0.15, 0.2) is 0 Å². The number of phenols is 1. The van der Waals surface area contributed by atoms with E-state index >= 15 is 0 Å². The third-order valence-corrected chi connectivity index (χ3v) is 4.28. The van der Waals surface area contributed by atoms with Gasteiger partial charge in [0.2, 0.25) is 0 Å². The first-order chi connectivity index (χ1) is 9.28. The topological polar surface area (TPSA) is 44.7 Å². The number of likely N-dealkylation sites (tertiary alicyclic amines) is 1. The number of nitrogens with zero attached hydrogens (tertiary/aromatic N) is 1. The van der Waals surface area contributed by atoms with Gasteiger partial charge in [-0.3, -0.25) is 4.90 Å². The van der Waals surface area contributed by atoms with Crippen molar-refractivity contribution in [2.45, 2.75) is 31.8 Å². The minimum absolute atomic E-state index is 0.259. The summed E-state index contributed by atoms with van der Waals surface area (Å²) >= 11 is 0. The zero-order chi connectivity index (χ0) is 13.2. The molecule has 1 aromatic rings. The van der Waals surface area contributed by atoms with Crippen molar-refractivity contribution >= 4 is 0 Å². The standard InChI is InChI=1S/C15H22N2O2/c1-2-17-7-3-4-11(17)9-16-14-10-19-15-8-12(18)5-6-13(14)15/h5-6,8,11,14,16,18H,2-4,7,9-10H2,1H3. The van der Waals surface area contributed by atoms with Crippen LogP contribution in [0.5, 0.6) is 11.5 Å². The van der Waals surface area contributed by atoms with Crippen molar-refractivity contribution in [2.75, 3.05) is 26.2 Å². The lowest BCUT2D eigenvalue weighted by Crippen LogP contribution is -2.39. The Morgan fingerprint density at radius 3 is 3.21 bits per heavy atom. The highest BCUT2D eigenvalue weighted by Gasteiger charge is 2.27. The smallest absolute Gasteiger partial charge is 0.127 e. The minimum atomic E-state index is 0.259. The lowest BCUT2D eigenvalue weighted by atomic mass is 10.1. The van der Waals surface area contributed by atoms with Crippen molar-refractivity contribution in [1.29, 1.82) is 0 Å². The van der Waals surface area contributed by atoms with Gasteiger partial charge in [-0.2, -0.15) is 0 Å². The molecule has 2 unspecified atom stereocenters. The summed E-state index contributed by atoms with van der Waals surface area (Å²) in [5.41, 5.74) is 1.17. The SMILES string of the molecule is CCN1CCCC1CNC1COc2cc(O)ccc21. The molecule has 1 saturated heterocycles. The largest absolute Gasteiger partial charge is 0.508 e. The van der Waals surface area contributed by atoms with E-state index in [1.54, 1.807) is 12.1 Å². The fourth-order valence-electron chi connectivity index (χ4n) is 3.19. The van der Waals surface area contributed by atoms with E-state index in [0.29, 0.717) is 12.6 Å². The van der Waals surface area contributed by atoms with Crippen LogP contribution in [0.4, 0.5) is 0 Å². The van der Waals surface area contributed by atoms with Crippen LogP contribution in [0.25, 0.3) is 0 Å². The molecule has 2 N–H and O–H groups in total. The number of ether oxygens (including phenoxy) is 1. The molecule has 0 aliphatic carbocycles. The van der Waals surface area contributed by atoms with Crippen LogP contribution in [-0.2, 0) is 0 Å². The van der Waals surface area contributed by atoms with Crippen molar-refractivity contribution in [2.24, 2.45) is 0 Å². The molecule has 0 amide bonds. The van der Waals surface area contributed by atoms with E-state index in [-0.39, 0.29) is 11.8 Å². The Bertz CT molecular complexity index is 450. The summed E-state index contributed by atoms with van der Waals surface area (Å²) in [4.78, 5) is 2.54. The van der Waals surface area contributed by atoms with Crippen LogP contribution in [0.15, 0.2) is 18.2 Å². The highest BCUT2D eigenvalue weighted by Crippen LogP contribution is 2.34. The fraction of sp³-hybridized carbons (Fsp3) is 0.600. The average molecular weight is 262 g/mol. The van der Waals surface area contributed by atoms with Crippen molar-refractivity contribution in [1.82, 2.24) is 10.2 Å². The first kappa shape index (κ1) is 12.8. The molecule has 2 aliphatic heterocycles. The molecule has 0 aromatic heterocycles. The third-order valence-electron chi connectivity index (χ3n) is 4.28. The van der Waals surface area contributed by atoms with Gasteiger partial charge >= 0.3 is 0 Å². The summed E-state index contributed by atoms with van der Waals surface area (Å²) in [7, 11) is 0. The van der Waals surface area contributed by atoms with Crippen LogP contribution in [0.3, 0.4) is 0 Å². The molecule has 0 bridgehead atoms. The molecule has 0 radical (unpaired) electrons. The summed E-state index contributed by atoms with van der Waals surface area (Å²) in [5.74, 6) is 1.09. The van der Waals surface area contributed by atoms with E-state index in [1.165, 1.54) is 24.9 Å². The molecular formula is C15H22N2O2. The van der Waals surface area contributed by atoms with E-state index in [0.717, 1.165) is 18.8 Å². The Balaban J connectivity index is 1.61. The summed E-state index contributed by atoms with van der Waals surface area (Å²) in [6.45, 7) is 6.28. The quantitative estimate of drug-likeness (QED) is 0.870. The Hall–Kier alpha value is -1.26. The molecule has 19 heavy (non-hydrogen) atoms. The Morgan fingerprint density at radius 2 is 2.37 bits per heavy atom. The molecule has 2 aliphatic rings. The van der Waals surface area contributed by atoms with Gasteiger partial charge in [0, 0.05) is 24.2 Å². The second kappa shape index (κ2) is 5.39. The van der Waals surface area contributed by atoms with Crippen LogP contribution in [0.2, 0.25) is 0 Å². The molecule has 1 fully saturated rings. The van der Waals surface area contributed by atoms with Gasteiger partial charge < -0.3 is 15.2 Å². The number of aromatic hydroxyl groups is 1. The van der Waals surface area contributed by atoms with Gasteiger partial charge in [-0.05, 0) is 38.1 Å². The van der Waals surface area contributed by atoms with Crippen LogP contribution in [0, 0.1) is 0 Å². The fourth-order valence-corrected chi connectivity index (χ4v) is 3.19. The number of hydrogen-bond donors (Lipinski definition) is 2. The molecule has 0 saturated carbocycles. The van der Waals surface area contributed by atoms with Gasteiger partial charge in [0.25, 0.3) is 0 Å². The van der Waals surface area contributed by atoms with Crippen LogP contribution < -0.4 is 10.1 Å². The number of rotatable bonds is 4. The van der Waals surface area contributed by atoms with E-state index in [2.05, 4.69) is 17.1 Å². The van der Waals surface area contributed by atoms with Crippen molar-refractivity contribution < 1.29 is 9.84 Å². The summed E-state index contributed by atoms with van der Waals surface area (Å²) in [6, 6.07) is 6.31. The van der Waals surface area contributed by atoms with Crippen molar-refractivity contribution in [3.8, 4) is 11.5 Å². The lowest BCUT2D eigenvalue weighted by Gasteiger charge is -2.24. The van der Waals surface area contributed by atoms with Gasteiger partial charge in [0.05, 0.1) is 6.04 Å². The maximum atomic E-state index is 9.44. The number of likely N-dealkylation sites (N-methyl/N-ethyl adjacent to an activating group) is 1. The van der Waals surface area contributed by atoms with E-state index in [1.807, 2.05) is 6.07 Å². The zero-order valence-corrected chi connectivity index (χ0v) is 11.4. The first-order valence-corrected chi connectivity index (χ1v) is 7.21. The molecule has 3 rings (SSSR count). The zero-order valence-electron chi connectivity index (χ0n) is 11.4. The molecule has 0 spiro atoms. The number of phenolic OH excluding ortho intramolecular Hbond substituents is 1. The molecule has 104 valence electrons. The normalized spacial score (nSPS) is 26.4. The number of benzene rings is 1. The molecule has 2 atom stereocenters. The number of fused-ring (bicyclic) bond motifs is 1. The van der Waals surface area contributed by atoms with Crippen molar-refractivity contribution in [3.63, 3.8) is 0 Å². The summed E-state index contributed by atoms with van der Waals surface area (Å²) in [6.07, 6.45) is 2.60. The Morgan fingerprint density at radius 1 is 1.47 bits per heavy atom. The Kier molecular flexibility index (Phi) is 3.62. The van der Waals surface area contributed by atoms with Gasteiger partial charge in [-0.1, -0.05) is 6.92 Å². The average Bonchev–Trinajstić information content (AvgIpc) is 3.01. The molecule has 2 heterocycles. The van der Waals surface area contributed by atoms with Gasteiger partial charge in [-0.15, -0.1) is 0 Å². The number of hydrogen-bond acceptors (Lipinski definition) is 4. The van der Waals surface area contributed by atoms with Crippen LogP contribution in [-0.4, -0.2) is 42.3 Å². The summed E-state index contributed by atoms with van der Waals surface area (Å²) < 4.78 is 5.62. The van der Waals surface area contributed by atoms with Gasteiger partial charge in [0.1, 0.15) is 18.1 Å². The predicted octanol–water partition coefficient (Wildman–Crippen LogP) is 1.90. The Labute approximate surface area is 114 Å². The van der Waals surface area contributed by atoms with E-state index in [4.69, 9.17) is 4.74 Å². The number of nitrogens with one attached hydrogen (secondary N) is 1. The monoisotopic (exact) mass is 262 g/mol. The second-order valence-corrected chi connectivity index (χ2v) is 5.42. The molecule has 1 aromatic carbocycles. The highest BCUT2D eigenvalue weighted by molar-refractivity contribution is 5.44. The maximum absolute atomic E-state index is 9.44. The minimum Gasteiger partial charge on any atom is -0.508 e. The van der Waals surface area contributed by atoms with E-state index in [9.17, 15) is 5.11 Å². The highest BCUT2D eigenvalue weighted by atomic mass is 16.5.